The van der Waals surface area contributed by atoms with Crippen molar-refractivity contribution in [1.29, 1.82) is 0 Å². The molecule has 2 heterocycles. The number of H-pyrrole nitrogens is 1. The fourth-order valence-electron chi connectivity index (χ4n) is 2.83. The van der Waals surface area contributed by atoms with Crippen molar-refractivity contribution < 1.29 is 14.3 Å². The summed E-state index contributed by atoms with van der Waals surface area (Å²) in [5.74, 6) is -0.386. The van der Waals surface area contributed by atoms with Crippen LogP contribution in [0.15, 0.2) is 24.3 Å². The number of nitrogens with one attached hydrogen (secondary N) is 1. The fraction of sp³-hybridized carbons (Fsp3) is 0.267. The van der Waals surface area contributed by atoms with Crippen molar-refractivity contribution in [3.63, 3.8) is 0 Å². The molecule has 0 bridgehead atoms. The number of rotatable bonds is 1. The standard InChI is InChI=1S/C15H12N2O3/c18-13-9-5-2-1-4-8(9)11-12(14(13)19)17-15(16-11)10-6-3-7-20-10/h1-2,4-5,10H,3,6-7H2,(H,16,17). The fourth-order valence-corrected chi connectivity index (χ4v) is 2.83. The van der Waals surface area contributed by atoms with E-state index in [0.717, 1.165) is 18.4 Å². The van der Waals surface area contributed by atoms with Gasteiger partial charge in [-0.3, -0.25) is 9.59 Å². The summed E-state index contributed by atoms with van der Waals surface area (Å²) in [5.41, 5.74) is 2.03. The third kappa shape index (κ3) is 1.50. The second-order valence-corrected chi connectivity index (χ2v) is 5.05. The van der Waals surface area contributed by atoms with Gasteiger partial charge in [0.15, 0.2) is 0 Å². The van der Waals surface area contributed by atoms with E-state index in [1.165, 1.54) is 0 Å². The van der Waals surface area contributed by atoms with Crippen molar-refractivity contribution in [3.05, 3.63) is 41.3 Å². The minimum absolute atomic E-state index is 0.101. The lowest BCUT2D eigenvalue weighted by atomic mass is 9.90. The summed E-state index contributed by atoms with van der Waals surface area (Å²) in [6, 6.07) is 7.10. The topological polar surface area (TPSA) is 72.1 Å². The van der Waals surface area contributed by atoms with Gasteiger partial charge in [0.05, 0.1) is 5.69 Å². The molecular formula is C15H12N2O3. The first-order valence-electron chi connectivity index (χ1n) is 6.65. The number of ether oxygens (including phenoxy) is 1. The number of benzene rings is 1. The lowest BCUT2D eigenvalue weighted by molar-refractivity contribution is 0.0811. The predicted octanol–water partition coefficient (Wildman–Crippen LogP) is 2.31. The molecule has 0 radical (unpaired) electrons. The Hall–Kier alpha value is -2.27. The molecule has 4 rings (SSSR count). The molecule has 1 atom stereocenters. The van der Waals surface area contributed by atoms with Gasteiger partial charge >= 0.3 is 0 Å². The number of hydrogen-bond donors (Lipinski definition) is 1. The average molecular weight is 268 g/mol. The monoisotopic (exact) mass is 268 g/mol. The molecule has 2 aromatic rings. The Balaban J connectivity index is 1.90. The van der Waals surface area contributed by atoms with E-state index in [2.05, 4.69) is 9.97 Å². The summed E-state index contributed by atoms with van der Waals surface area (Å²) in [6.07, 6.45) is 1.77. The predicted molar refractivity (Wildman–Crippen MR) is 70.6 cm³/mol. The summed E-state index contributed by atoms with van der Waals surface area (Å²) >= 11 is 0. The van der Waals surface area contributed by atoms with Crippen LogP contribution in [0.25, 0.3) is 11.3 Å². The molecule has 5 nitrogen and oxygen atoms in total. The largest absolute Gasteiger partial charge is 0.370 e. The van der Waals surface area contributed by atoms with Crippen LogP contribution in [0.4, 0.5) is 0 Å². The van der Waals surface area contributed by atoms with Gasteiger partial charge < -0.3 is 9.72 Å². The molecule has 0 amide bonds. The Morgan fingerprint density at radius 2 is 1.95 bits per heavy atom. The van der Waals surface area contributed by atoms with Gasteiger partial charge in [0.2, 0.25) is 5.78 Å². The second kappa shape index (κ2) is 4.11. The molecule has 100 valence electrons. The van der Waals surface area contributed by atoms with E-state index in [0.29, 0.717) is 23.7 Å². The molecule has 1 saturated heterocycles. The highest BCUT2D eigenvalue weighted by molar-refractivity contribution is 6.52. The third-order valence-corrected chi connectivity index (χ3v) is 3.82. The van der Waals surface area contributed by atoms with Crippen molar-refractivity contribution in [2.24, 2.45) is 0 Å². The molecule has 1 aliphatic carbocycles. The van der Waals surface area contributed by atoms with Gasteiger partial charge in [-0.25, -0.2) is 4.98 Å². The molecule has 1 fully saturated rings. The summed E-state index contributed by atoms with van der Waals surface area (Å²) in [4.78, 5) is 31.7. The SMILES string of the molecule is O=C1C(=O)c2nc(C3CCCO3)[nH]c2-c2ccccc21. The summed E-state index contributed by atoms with van der Waals surface area (Å²) in [7, 11) is 0. The third-order valence-electron chi connectivity index (χ3n) is 3.82. The van der Waals surface area contributed by atoms with Crippen LogP contribution < -0.4 is 0 Å². The van der Waals surface area contributed by atoms with E-state index in [1.54, 1.807) is 12.1 Å². The Morgan fingerprint density at radius 3 is 2.70 bits per heavy atom. The molecule has 1 aliphatic heterocycles. The zero-order valence-electron chi connectivity index (χ0n) is 10.7. The number of imidazole rings is 1. The first-order chi connectivity index (χ1) is 9.75. The summed E-state index contributed by atoms with van der Waals surface area (Å²) < 4.78 is 5.58. The Kier molecular flexibility index (Phi) is 2.37. The number of carbonyl (C=O) groups excluding carboxylic acids is 2. The van der Waals surface area contributed by atoms with Crippen LogP contribution in [0.2, 0.25) is 0 Å². The average Bonchev–Trinajstić information content (AvgIpc) is 3.13. The maximum atomic E-state index is 12.1. The molecular weight excluding hydrogens is 256 g/mol. The number of carbonyl (C=O) groups is 2. The molecule has 1 aromatic heterocycles. The number of Topliss-reactive ketones (excluding diaryl/α,β-unsaturated/α-hetero) is 2. The molecule has 20 heavy (non-hydrogen) atoms. The quantitative estimate of drug-likeness (QED) is 0.805. The van der Waals surface area contributed by atoms with Gasteiger partial charge in [-0.1, -0.05) is 24.3 Å². The first kappa shape index (κ1) is 11.5. The molecule has 1 unspecified atom stereocenters. The molecule has 0 saturated carbocycles. The van der Waals surface area contributed by atoms with E-state index in [1.807, 2.05) is 12.1 Å². The maximum absolute atomic E-state index is 12.1. The molecule has 5 heteroatoms. The highest BCUT2D eigenvalue weighted by Crippen LogP contribution is 2.35. The molecule has 2 aliphatic rings. The van der Waals surface area contributed by atoms with Gasteiger partial charge in [-0.15, -0.1) is 0 Å². The zero-order valence-corrected chi connectivity index (χ0v) is 10.7. The highest BCUT2D eigenvalue weighted by atomic mass is 16.5. The second-order valence-electron chi connectivity index (χ2n) is 5.05. The van der Waals surface area contributed by atoms with Crippen LogP contribution in [-0.2, 0) is 4.74 Å². The van der Waals surface area contributed by atoms with Gasteiger partial charge in [0.1, 0.15) is 17.6 Å². The van der Waals surface area contributed by atoms with Crippen LogP contribution >= 0.6 is 0 Å². The Bertz CT molecular complexity index is 726. The van der Waals surface area contributed by atoms with Gasteiger partial charge in [0, 0.05) is 17.7 Å². The summed E-state index contributed by atoms with van der Waals surface area (Å²) in [6.45, 7) is 0.708. The minimum atomic E-state index is -0.542. The molecule has 1 N–H and O–H groups in total. The van der Waals surface area contributed by atoms with Crippen LogP contribution in [0, 0.1) is 0 Å². The van der Waals surface area contributed by atoms with Crippen molar-refractivity contribution in [2.75, 3.05) is 6.61 Å². The number of ketones is 2. The van der Waals surface area contributed by atoms with E-state index in [-0.39, 0.29) is 11.8 Å². The van der Waals surface area contributed by atoms with Gasteiger partial charge in [-0.05, 0) is 12.8 Å². The van der Waals surface area contributed by atoms with Crippen LogP contribution in [0.1, 0.15) is 45.6 Å². The normalized spacial score (nSPS) is 20.9. The minimum Gasteiger partial charge on any atom is -0.370 e. The lowest BCUT2D eigenvalue weighted by Crippen LogP contribution is -2.21. The van der Waals surface area contributed by atoms with E-state index in [9.17, 15) is 9.59 Å². The number of hydrogen-bond acceptors (Lipinski definition) is 4. The smallest absolute Gasteiger partial charge is 0.254 e. The zero-order chi connectivity index (χ0) is 13.7. The van der Waals surface area contributed by atoms with Gasteiger partial charge in [0.25, 0.3) is 5.78 Å². The van der Waals surface area contributed by atoms with E-state index >= 15 is 0 Å². The highest BCUT2D eigenvalue weighted by Gasteiger charge is 2.35. The van der Waals surface area contributed by atoms with E-state index < -0.39 is 11.6 Å². The first-order valence-corrected chi connectivity index (χ1v) is 6.65. The lowest BCUT2D eigenvalue weighted by Gasteiger charge is -2.12. The van der Waals surface area contributed by atoms with Crippen molar-refractivity contribution in [2.45, 2.75) is 18.9 Å². The maximum Gasteiger partial charge on any atom is 0.254 e. The van der Waals surface area contributed by atoms with Gasteiger partial charge in [-0.2, -0.15) is 0 Å². The van der Waals surface area contributed by atoms with Crippen molar-refractivity contribution >= 4 is 11.6 Å². The van der Waals surface area contributed by atoms with Crippen molar-refractivity contribution in [3.8, 4) is 11.3 Å². The number of nitrogens with zero attached hydrogens (tertiary/aromatic N) is 1. The Labute approximate surface area is 115 Å². The van der Waals surface area contributed by atoms with Crippen LogP contribution in [-0.4, -0.2) is 28.1 Å². The molecule has 1 aromatic carbocycles. The number of fused-ring (bicyclic) bond motifs is 3. The van der Waals surface area contributed by atoms with Crippen molar-refractivity contribution in [1.82, 2.24) is 9.97 Å². The van der Waals surface area contributed by atoms with E-state index in [4.69, 9.17) is 4.74 Å². The van der Waals surface area contributed by atoms with Crippen LogP contribution in [0.5, 0.6) is 0 Å². The van der Waals surface area contributed by atoms with Crippen LogP contribution in [0.3, 0.4) is 0 Å². The molecule has 0 spiro atoms. The Morgan fingerprint density at radius 1 is 1.15 bits per heavy atom. The number of aromatic amines is 1. The summed E-state index contributed by atoms with van der Waals surface area (Å²) in [5, 5.41) is 0. The number of aromatic nitrogens is 2.